The highest BCUT2D eigenvalue weighted by Crippen LogP contribution is 2.22. The van der Waals surface area contributed by atoms with Crippen LogP contribution in [0.5, 0.6) is 0 Å². The molecular formula is C27H37ClN4O4. The number of rotatable bonds is 10. The standard InChI is InChI=1S/C25H31ClN4O4.C2H6/c1-6-21(33-5)10-9-16(2)23-22(17(3)34-30-23)24(31)29-25(27)28-15-19-12-18(8-7-11-32-4)13-20(26)14-19;1-2/h7-10,12-14H,6,11,15H2,1-5H3,(H3,27,28,29,31);1-2H3/b8-7+,16-9+,21-10+;. The van der Waals surface area contributed by atoms with Crippen LogP contribution in [0.3, 0.4) is 0 Å². The molecule has 0 unspecified atom stereocenters. The number of benzene rings is 1. The molecule has 1 heterocycles. The van der Waals surface area contributed by atoms with Gasteiger partial charge in [0.25, 0.3) is 5.91 Å². The molecule has 8 nitrogen and oxygen atoms in total. The summed E-state index contributed by atoms with van der Waals surface area (Å²) in [5, 5.41) is 7.21. The van der Waals surface area contributed by atoms with E-state index in [0.29, 0.717) is 28.6 Å². The topological polar surface area (TPSA) is 112 Å². The maximum Gasteiger partial charge on any atom is 0.263 e. The molecule has 0 fully saturated rings. The summed E-state index contributed by atoms with van der Waals surface area (Å²) in [6, 6.07) is 5.57. The number of amides is 1. The number of ether oxygens (including phenoxy) is 2. The second-order valence-electron chi connectivity index (χ2n) is 7.41. The van der Waals surface area contributed by atoms with E-state index in [1.165, 1.54) is 0 Å². The predicted octanol–water partition coefficient (Wildman–Crippen LogP) is 5.91. The number of hydrogen-bond donors (Lipinski definition) is 2. The number of halogens is 1. The maximum absolute atomic E-state index is 12.9. The fourth-order valence-electron chi connectivity index (χ4n) is 3.07. The van der Waals surface area contributed by atoms with Crippen molar-refractivity contribution in [1.82, 2.24) is 10.5 Å². The van der Waals surface area contributed by atoms with Crippen LogP contribution >= 0.6 is 11.6 Å². The molecule has 1 amide bonds. The molecule has 0 aliphatic heterocycles. The Balaban J connectivity index is 0.00000316. The molecule has 0 spiro atoms. The van der Waals surface area contributed by atoms with Crippen LogP contribution in [0.15, 0.2) is 51.7 Å². The Labute approximate surface area is 218 Å². The normalized spacial score (nSPS) is 12.4. The van der Waals surface area contributed by atoms with Crippen molar-refractivity contribution in [2.24, 2.45) is 10.7 Å². The zero-order chi connectivity index (χ0) is 27.1. The number of methoxy groups -OCH3 is 2. The van der Waals surface area contributed by atoms with Gasteiger partial charge < -0.3 is 19.7 Å². The Bertz CT molecular complexity index is 1110. The van der Waals surface area contributed by atoms with Crippen molar-refractivity contribution in [3.63, 3.8) is 0 Å². The lowest BCUT2D eigenvalue weighted by Gasteiger charge is -2.06. The molecular weight excluding hydrogens is 480 g/mol. The van der Waals surface area contributed by atoms with Crippen LogP contribution in [0.1, 0.15) is 67.1 Å². The van der Waals surface area contributed by atoms with Gasteiger partial charge in [-0.25, -0.2) is 4.99 Å². The van der Waals surface area contributed by atoms with Gasteiger partial charge in [0.2, 0.25) is 0 Å². The van der Waals surface area contributed by atoms with Crippen LogP contribution in [0.25, 0.3) is 11.6 Å². The summed E-state index contributed by atoms with van der Waals surface area (Å²) in [4.78, 5) is 17.2. The Morgan fingerprint density at radius 1 is 1.25 bits per heavy atom. The summed E-state index contributed by atoms with van der Waals surface area (Å²) in [6.45, 7) is 10.2. The van der Waals surface area contributed by atoms with E-state index in [1.807, 2.05) is 64.1 Å². The summed E-state index contributed by atoms with van der Waals surface area (Å²) >= 11 is 6.21. The van der Waals surface area contributed by atoms with Gasteiger partial charge in [0.05, 0.1) is 26.0 Å². The lowest BCUT2D eigenvalue weighted by Crippen LogP contribution is -2.37. The molecule has 0 radical (unpaired) electrons. The summed E-state index contributed by atoms with van der Waals surface area (Å²) in [7, 11) is 3.24. The van der Waals surface area contributed by atoms with Crippen LogP contribution in [0, 0.1) is 6.92 Å². The molecule has 3 N–H and O–H groups in total. The zero-order valence-corrected chi connectivity index (χ0v) is 22.9. The average molecular weight is 517 g/mol. The molecule has 0 aliphatic carbocycles. The molecule has 0 saturated heterocycles. The van der Waals surface area contributed by atoms with E-state index in [-0.39, 0.29) is 12.5 Å². The van der Waals surface area contributed by atoms with Crippen molar-refractivity contribution in [3.8, 4) is 0 Å². The minimum Gasteiger partial charge on any atom is -0.501 e. The first-order chi connectivity index (χ1) is 17.3. The highest BCUT2D eigenvalue weighted by molar-refractivity contribution is 6.30. The number of carbonyl (C=O) groups is 1. The lowest BCUT2D eigenvalue weighted by atomic mass is 10.1. The summed E-state index contributed by atoms with van der Waals surface area (Å²) in [5.74, 6) is 0.702. The third-order valence-corrected chi connectivity index (χ3v) is 5.04. The number of aryl methyl sites for hydroxylation is 1. The predicted molar refractivity (Wildman–Crippen MR) is 147 cm³/mol. The number of nitrogens with one attached hydrogen (secondary N) is 1. The van der Waals surface area contributed by atoms with Gasteiger partial charge in [0.1, 0.15) is 17.0 Å². The molecule has 2 aromatic rings. The number of allylic oxidation sites excluding steroid dienone is 4. The second kappa shape index (κ2) is 16.3. The Kier molecular flexibility index (Phi) is 13.9. The van der Waals surface area contributed by atoms with Crippen molar-refractivity contribution in [2.45, 2.75) is 47.6 Å². The van der Waals surface area contributed by atoms with Gasteiger partial charge in [-0.05, 0) is 54.8 Å². The fourth-order valence-corrected chi connectivity index (χ4v) is 3.34. The molecule has 1 aromatic carbocycles. The third-order valence-electron chi connectivity index (χ3n) is 4.82. The lowest BCUT2D eigenvalue weighted by molar-refractivity contribution is 0.0975. The van der Waals surface area contributed by atoms with Crippen LogP contribution < -0.4 is 11.1 Å². The number of nitrogens with zero attached hydrogens (tertiary/aromatic N) is 2. The highest BCUT2D eigenvalue weighted by atomic mass is 35.5. The van der Waals surface area contributed by atoms with Crippen LogP contribution in [0.4, 0.5) is 0 Å². The maximum atomic E-state index is 12.9. The van der Waals surface area contributed by atoms with Gasteiger partial charge in [0, 0.05) is 18.6 Å². The Morgan fingerprint density at radius 2 is 1.97 bits per heavy atom. The highest BCUT2D eigenvalue weighted by Gasteiger charge is 2.21. The van der Waals surface area contributed by atoms with E-state index >= 15 is 0 Å². The van der Waals surface area contributed by atoms with Crippen molar-refractivity contribution < 1.29 is 18.8 Å². The fraction of sp³-hybridized carbons (Fsp3) is 0.370. The van der Waals surface area contributed by atoms with Gasteiger partial charge in [0.15, 0.2) is 5.96 Å². The van der Waals surface area contributed by atoms with Crippen LogP contribution in [0.2, 0.25) is 5.02 Å². The SMILES string of the molecule is CC.CC/C(=C\C=C(/C)c1noc(C)c1C(=O)NC(N)=NCc1cc(Cl)cc(/C=C/COC)c1)OC. The van der Waals surface area contributed by atoms with Crippen LogP contribution in [-0.2, 0) is 16.0 Å². The van der Waals surface area contributed by atoms with Gasteiger partial charge in [-0.2, -0.15) is 0 Å². The van der Waals surface area contributed by atoms with Gasteiger partial charge >= 0.3 is 0 Å². The van der Waals surface area contributed by atoms with E-state index in [9.17, 15) is 4.79 Å². The van der Waals surface area contributed by atoms with E-state index in [1.54, 1.807) is 27.2 Å². The summed E-state index contributed by atoms with van der Waals surface area (Å²) in [6.07, 6.45) is 8.20. The van der Waals surface area contributed by atoms with E-state index in [4.69, 9.17) is 31.3 Å². The smallest absolute Gasteiger partial charge is 0.263 e. The largest absolute Gasteiger partial charge is 0.501 e. The Morgan fingerprint density at radius 3 is 2.61 bits per heavy atom. The molecule has 0 saturated carbocycles. The average Bonchev–Trinajstić information content (AvgIpc) is 3.26. The molecule has 1 aromatic heterocycles. The number of aliphatic imine (C=N–C) groups is 1. The monoisotopic (exact) mass is 516 g/mol. The van der Waals surface area contributed by atoms with Gasteiger partial charge in [-0.3, -0.25) is 10.1 Å². The molecule has 196 valence electrons. The first kappa shape index (κ1) is 30.7. The van der Waals surface area contributed by atoms with E-state index < -0.39 is 5.91 Å². The molecule has 36 heavy (non-hydrogen) atoms. The number of guanidine groups is 1. The van der Waals surface area contributed by atoms with Crippen molar-refractivity contribution in [1.29, 1.82) is 0 Å². The third kappa shape index (κ3) is 9.71. The zero-order valence-electron chi connectivity index (χ0n) is 22.1. The molecule has 2 rings (SSSR count). The van der Waals surface area contributed by atoms with Crippen molar-refractivity contribution in [2.75, 3.05) is 20.8 Å². The number of aromatic nitrogens is 1. The van der Waals surface area contributed by atoms with Crippen LogP contribution in [-0.4, -0.2) is 37.8 Å². The van der Waals surface area contributed by atoms with E-state index in [0.717, 1.165) is 28.9 Å². The first-order valence-corrected chi connectivity index (χ1v) is 12.1. The van der Waals surface area contributed by atoms with Gasteiger partial charge in [-0.1, -0.05) is 55.8 Å². The minimum atomic E-state index is -0.455. The van der Waals surface area contributed by atoms with Gasteiger partial charge in [-0.15, -0.1) is 0 Å². The summed E-state index contributed by atoms with van der Waals surface area (Å²) < 4.78 is 15.5. The summed E-state index contributed by atoms with van der Waals surface area (Å²) in [5.41, 5.74) is 9.20. The number of hydrogen-bond acceptors (Lipinski definition) is 6. The van der Waals surface area contributed by atoms with Crippen molar-refractivity contribution in [3.05, 3.63) is 75.4 Å². The van der Waals surface area contributed by atoms with E-state index in [2.05, 4.69) is 15.5 Å². The minimum absolute atomic E-state index is 0.0258. The molecule has 0 bridgehead atoms. The number of nitrogens with two attached hydrogens (primary N) is 1. The first-order valence-electron chi connectivity index (χ1n) is 11.7. The van der Waals surface area contributed by atoms with Crippen molar-refractivity contribution >= 4 is 35.1 Å². The number of carbonyl (C=O) groups excluding carboxylic acids is 1. The quantitative estimate of drug-likeness (QED) is 0.176. The molecule has 0 atom stereocenters. The second-order valence-corrected chi connectivity index (χ2v) is 7.85. The molecule has 9 heteroatoms. The Hall–Kier alpha value is -3.36. The molecule has 0 aliphatic rings.